The Bertz CT molecular complexity index is 1360. The Hall–Kier alpha value is -3.72. The molecule has 0 saturated carbocycles. The maximum atomic E-state index is 13.0. The topological polar surface area (TPSA) is 69.3 Å². The van der Waals surface area contributed by atoms with Crippen LogP contribution < -0.4 is 10.1 Å². The molecular weight excluding hydrogens is 483 g/mol. The number of anilines is 1. The molecule has 10 heteroatoms. The van der Waals surface area contributed by atoms with Crippen LogP contribution in [0.2, 0.25) is 5.02 Å². The molecule has 6 nitrogen and oxygen atoms in total. The van der Waals surface area contributed by atoms with E-state index in [0.717, 1.165) is 12.1 Å². The van der Waals surface area contributed by atoms with E-state index in [2.05, 4.69) is 10.4 Å². The fourth-order valence-electron chi connectivity index (χ4n) is 3.51. The van der Waals surface area contributed by atoms with Gasteiger partial charge in [0.15, 0.2) is 5.76 Å². The van der Waals surface area contributed by atoms with E-state index >= 15 is 0 Å². The van der Waals surface area contributed by atoms with Crippen molar-refractivity contribution in [2.75, 3.05) is 5.32 Å². The molecule has 0 saturated heterocycles. The average molecular weight is 504 g/mol. The van der Waals surface area contributed by atoms with Gasteiger partial charge in [-0.3, -0.25) is 9.48 Å². The number of hydrogen-bond acceptors (Lipinski definition) is 4. The Labute approximate surface area is 204 Å². The highest BCUT2D eigenvalue weighted by Crippen LogP contribution is 2.30. The third-order valence-corrected chi connectivity index (χ3v) is 5.50. The number of carbonyl (C=O) groups excluding carboxylic acids is 1. The van der Waals surface area contributed by atoms with Gasteiger partial charge in [0.25, 0.3) is 5.91 Å². The predicted molar refractivity (Wildman–Crippen MR) is 125 cm³/mol. The van der Waals surface area contributed by atoms with Crippen molar-refractivity contribution in [2.45, 2.75) is 33.2 Å². The van der Waals surface area contributed by atoms with Crippen LogP contribution in [0, 0.1) is 13.8 Å². The molecule has 2 heterocycles. The van der Waals surface area contributed by atoms with Crippen LogP contribution in [0.1, 0.15) is 38.8 Å². The number of nitrogens with zero attached hydrogens (tertiary/aromatic N) is 2. The lowest BCUT2D eigenvalue weighted by Gasteiger charge is -2.10. The van der Waals surface area contributed by atoms with Crippen molar-refractivity contribution in [2.24, 2.45) is 0 Å². The van der Waals surface area contributed by atoms with Crippen molar-refractivity contribution in [3.63, 3.8) is 0 Å². The summed E-state index contributed by atoms with van der Waals surface area (Å²) in [6.07, 6.45) is -4.43. The molecule has 0 bridgehead atoms. The lowest BCUT2D eigenvalue weighted by molar-refractivity contribution is -0.137. The summed E-state index contributed by atoms with van der Waals surface area (Å²) in [6, 6.07) is 15.1. The van der Waals surface area contributed by atoms with Gasteiger partial charge in [-0.1, -0.05) is 29.8 Å². The molecule has 2 aromatic heterocycles. The molecule has 2 aromatic carbocycles. The van der Waals surface area contributed by atoms with Gasteiger partial charge in [-0.2, -0.15) is 18.3 Å². The van der Waals surface area contributed by atoms with E-state index in [1.165, 1.54) is 12.1 Å². The summed E-state index contributed by atoms with van der Waals surface area (Å²) in [6.45, 7) is 3.67. The van der Waals surface area contributed by atoms with E-state index < -0.39 is 17.6 Å². The molecule has 0 aliphatic rings. The van der Waals surface area contributed by atoms with E-state index in [0.29, 0.717) is 39.2 Å². The molecule has 4 rings (SSSR count). The molecule has 4 aromatic rings. The zero-order chi connectivity index (χ0) is 25.2. The highest BCUT2D eigenvalue weighted by molar-refractivity contribution is 6.30. The molecule has 182 valence electrons. The largest absolute Gasteiger partial charge is 0.486 e. The molecule has 0 atom stereocenters. The molecule has 0 spiro atoms. The van der Waals surface area contributed by atoms with Crippen molar-refractivity contribution in [3.8, 4) is 5.75 Å². The zero-order valence-electron chi connectivity index (χ0n) is 18.8. The van der Waals surface area contributed by atoms with Gasteiger partial charge in [0, 0.05) is 5.02 Å². The third kappa shape index (κ3) is 5.86. The summed E-state index contributed by atoms with van der Waals surface area (Å²) >= 11 is 5.94. The summed E-state index contributed by atoms with van der Waals surface area (Å²) in [7, 11) is 0. The summed E-state index contributed by atoms with van der Waals surface area (Å²) in [5, 5.41) is 7.70. The minimum atomic E-state index is -4.43. The van der Waals surface area contributed by atoms with Crippen LogP contribution in [0.3, 0.4) is 0 Å². The predicted octanol–water partition coefficient (Wildman–Crippen LogP) is 6.64. The number of nitrogens with one attached hydrogen (secondary N) is 1. The minimum Gasteiger partial charge on any atom is -0.486 e. The molecule has 0 fully saturated rings. The maximum absolute atomic E-state index is 13.0. The number of ether oxygens (including phenoxy) is 1. The summed E-state index contributed by atoms with van der Waals surface area (Å²) < 4.78 is 51.8. The van der Waals surface area contributed by atoms with Gasteiger partial charge < -0.3 is 14.5 Å². The number of alkyl halides is 3. The van der Waals surface area contributed by atoms with Crippen molar-refractivity contribution in [3.05, 3.63) is 99.7 Å². The zero-order valence-corrected chi connectivity index (χ0v) is 19.6. The molecule has 35 heavy (non-hydrogen) atoms. The van der Waals surface area contributed by atoms with Gasteiger partial charge in [0.1, 0.15) is 18.1 Å². The normalized spacial score (nSPS) is 11.5. The van der Waals surface area contributed by atoms with Crippen LogP contribution >= 0.6 is 11.6 Å². The van der Waals surface area contributed by atoms with E-state index in [-0.39, 0.29) is 18.9 Å². The second-order valence-corrected chi connectivity index (χ2v) is 8.30. The molecule has 1 amide bonds. The first-order valence-electron chi connectivity index (χ1n) is 10.6. The molecule has 1 N–H and O–H groups in total. The van der Waals surface area contributed by atoms with Crippen LogP contribution in [-0.4, -0.2) is 15.7 Å². The Morgan fingerprint density at radius 3 is 2.63 bits per heavy atom. The number of furan rings is 1. The van der Waals surface area contributed by atoms with Crippen LogP contribution in [0.25, 0.3) is 0 Å². The molecule has 0 unspecified atom stereocenters. The van der Waals surface area contributed by atoms with Crippen molar-refractivity contribution in [1.29, 1.82) is 0 Å². The van der Waals surface area contributed by atoms with Crippen LogP contribution in [0.15, 0.2) is 65.1 Å². The number of benzene rings is 2. The minimum absolute atomic E-state index is 0.0825. The Morgan fingerprint density at radius 1 is 1.11 bits per heavy atom. The van der Waals surface area contributed by atoms with Gasteiger partial charge >= 0.3 is 6.18 Å². The molecule has 0 radical (unpaired) electrons. The van der Waals surface area contributed by atoms with E-state index in [9.17, 15) is 18.0 Å². The maximum Gasteiger partial charge on any atom is 0.416 e. The number of aromatic nitrogens is 2. The van der Waals surface area contributed by atoms with Gasteiger partial charge in [-0.25, -0.2) is 0 Å². The van der Waals surface area contributed by atoms with Gasteiger partial charge in [-0.05, 0) is 61.9 Å². The quantitative estimate of drug-likeness (QED) is 0.307. The van der Waals surface area contributed by atoms with Gasteiger partial charge in [-0.15, -0.1) is 0 Å². The van der Waals surface area contributed by atoms with Crippen molar-refractivity contribution in [1.82, 2.24) is 9.78 Å². The lowest BCUT2D eigenvalue weighted by atomic mass is 10.1. The standard InChI is InChI=1S/C25H21ClF3N3O3/c1-15-23(16(2)32(31-15)13-17-5-3-6-18(11-17)25(27,28)29)30-24(33)22-10-9-21(35-22)14-34-20-8-4-7-19(26)12-20/h3-12H,13-14H2,1-2H3,(H,30,33). The second-order valence-electron chi connectivity index (χ2n) is 7.87. The van der Waals surface area contributed by atoms with E-state index in [1.54, 1.807) is 54.9 Å². The van der Waals surface area contributed by atoms with Crippen LogP contribution in [0.5, 0.6) is 5.75 Å². The molecule has 0 aliphatic heterocycles. The summed E-state index contributed by atoms with van der Waals surface area (Å²) in [5.74, 6) is 0.617. The van der Waals surface area contributed by atoms with Crippen molar-refractivity contribution < 1.29 is 27.1 Å². The average Bonchev–Trinajstić information content (AvgIpc) is 3.38. The number of aryl methyl sites for hydroxylation is 1. The highest BCUT2D eigenvalue weighted by atomic mass is 35.5. The summed E-state index contributed by atoms with van der Waals surface area (Å²) in [5.41, 5.74) is 1.31. The lowest BCUT2D eigenvalue weighted by Crippen LogP contribution is -2.13. The van der Waals surface area contributed by atoms with Gasteiger partial charge in [0.2, 0.25) is 0 Å². The van der Waals surface area contributed by atoms with E-state index in [1.807, 2.05) is 0 Å². The third-order valence-electron chi connectivity index (χ3n) is 5.27. The SMILES string of the molecule is Cc1nn(Cc2cccc(C(F)(F)F)c2)c(C)c1NC(=O)c1ccc(COc2cccc(Cl)c2)o1. The van der Waals surface area contributed by atoms with Crippen LogP contribution in [0.4, 0.5) is 18.9 Å². The van der Waals surface area contributed by atoms with Gasteiger partial charge in [0.05, 0.1) is 29.2 Å². The number of rotatable bonds is 7. The number of halogens is 4. The first-order valence-corrected chi connectivity index (χ1v) is 11.0. The summed E-state index contributed by atoms with van der Waals surface area (Å²) in [4.78, 5) is 12.7. The number of amides is 1. The fourth-order valence-corrected chi connectivity index (χ4v) is 3.69. The Balaban J connectivity index is 1.43. The van der Waals surface area contributed by atoms with Crippen LogP contribution in [-0.2, 0) is 19.3 Å². The first kappa shape index (κ1) is 24.4. The van der Waals surface area contributed by atoms with Crippen molar-refractivity contribution >= 4 is 23.2 Å². The Kier molecular flexibility index (Phi) is 6.88. The highest BCUT2D eigenvalue weighted by Gasteiger charge is 2.30. The monoisotopic (exact) mass is 503 g/mol. The second kappa shape index (κ2) is 9.87. The molecular formula is C25H21ClF3N3O3. The molecule has 0 aliphatic carbocycles. The number of carbonyl (C=O) groups is 1. The first-order chi connectivity index (χ1) is 16.6. The Morgan fingerprint density at radius 2 is 1.89 bits per heavy atom. The smallest absolute Gasteiger partial charge is 0.416 e. The number of hydrogen-bond donors (Lipinski definition) is 1. The fraction of sp³-hybridized carbons (Fsp3) is 0.200. The van der Waals surface area contributed by atoms with E-state index in [4.69, 9.17) is 20.8 Å².